The van der Waals surface area contributed by atoms with E-state index in [0.29, 0.717) is 36.4 Å². The number of nitrogens with one attached hydrogen (secondary N) is 2. The zero-order chi connectivity index (χ0) is 26.3. The second-order valence-electron chi connectivity index (χ2n) is 9.97. The van der Waals surface area contributed by atoms with E-state index in [1.54, 1.807) is 12.1 Å². The summed E-state index contributed by atoms with van der Waals surface area (Å²) in [5.74, 6) is 1.00. The topological polar surface area (TPSA) is 107 Å². The van der Waals surface area contributed by atoms with Crippen LogP contribution in [0.25, 0.3) is 0 Å². The van der Waals surface area contributed by atoms with Crippen molar-refractivity contribution in [2.45, 2.75) is 24.7 Å². The maximum absolute atomic E-state index is 12.8. The molecule has 8 nitrogen and oxygen atoms in total. The summed E-state index contributed by atoms with van der Waals surface area (Å²) < 4.78 is 0. The van der Waals surface area contributed by atoms with Crippen molar-refractivity contribution in [2.24, 2.45) is 0 Å². The predicted molar refractivity (Wildman–Crippen MR) is 146 cm³/mol. The number of amides is 1. The van der Waals surface area contributed by atoms with Gasteiger partial charge in [0.15, 0.2) is 6.29 Å². The van der Waals surface area contributed by atoms with Crippen LogP contribution in [0, 0.1) is 0 Å². The highest BCUT2D eigenvalue weighted by Crippen LogP contribution is 2.47. The first-order valence-electron chi connectivity index (χ1n) is 12.6. The Morgan fingerprint density at radius 2 is 1.84 bits per heavy atom. The Labute approximate surface area is 220 Å². The van der Waals surface area contributed by atoms with E-state index in [1.807, 2.05) is 42.5 Å². The van der Waals surface area contributed by atoms with E-state index >= 15 is 0 Å². The van der Waals surface area contributed by atoms with Gasteiger partial charge in [-0.05, 0) is 77.9 Å². The lowest BCUT2D eigenvalue weighted by molar-refractivity contribution is -0.120. The minimum absolute atomic E-state index is 0.0702. The first kappa shape index (κ1) is 23.7. The summed E-state index contributed by atoms with van der Waals surface area (Å²) in [4.78, 5) is 33.9. The van der Waals surface area contributed by atoms with Gasteiger partial charge < -0.3 is 20.6 Å². The molecular weight excluding hydrogens is 478 g/mol. The molecule has 38 heavy (non-hydrogen) atoms. The minimum Gasteiger partial charge on any atom is -0.508 e. The molecule has 0 saturated heterocycles. The zero-order valence-electron chi connectivity index (χ0n) is 20.9. The Morgan fingerprint density at radius 3 is 2.71 bits per heavy atom. The average molecular weight is 506 g/mol. The zero-order valence-corrected chi connectivity index (χ0v) is 20.9. The lowest BCUT2D eigenvalue weighted by atomic mass is 9.79. The summed E-state index contributed by atoms with van der Waals surface area (Å²) in [5, 5.41) is 15.4. The van der Waals surface area contributed by atoms with Crippen LogP contribution in [0.4, 0.5) is 22.9 Å². The number of hydrogen-bond acceptors (Lipinski definition) is 7. The number of fused-ring (bicyclic) bond motifs is 4. The number of carbonyl (C=O) groups excluding carboxylic acids is 2. The van der Waals surface area contributed by atoms with Crippen LogP contribution < -0.4 is 15.5 Å². The molecule has 1 aliphatic carbocycles. The Kier molecular flexibility index (Phi) is 5.79. The molecule has 3 heterocycles. The monoisotopic (exact) mass is 505 g/mol. The van der Waals surface area contributed by atoms with Gasteiger partial charge in [-0.15, -0.1) is 0 Å². The summed E-state index contributed by atoms with van der Waals surface area (Å²) >= 11 is 0. The SMILES string of the molecule is CN1CCc2cc(O)ccc21.O=Cc1cc(Nc2ccc3c(c2)CC2(C3)C(=O)Nc3ccccc32)ncn1. The number of likely N-dealkylation sites (N-methyl/N-ethyl adjacent to an activating group) is 1. The molecule has 3 aromatic carbocycles. The van der Waals surface area contributed by atoms with Crippen LogP contribution in [0.15, 0.2) is 73.1 Å². The van der Waals surface area contributed by atoms with Crippen LogP contribution in [-0.2, 0) is 29.5 Å². The number of phenols is 1. The molecule has 1 amide bonds. The molecule has 8 heteroatoms. The Hall–Kier alpha value is -4.72. The van der Waals surface area contributed by atoms with Gasteiger partial charge in [-0.1, -0.05) is 24.3 Å². The summed E-state index contributed by atoms with van der Waals surface area (Å²) in [6, 6.07) is 21.2. The van der Waals surface area contributed by atoms with Crippen molar-refractivity contribution >= 4 is 35.1 Å². The normalized spacial score (nSPS) is 18.2. The van der Waals surface area contributed by atoms with Gasteiger partial charge in [0, 0.05) is 36.7 Å². The van der Waals surface area contributed by atoms with Crippen LogP contribution in [0.3, 0.4) is 0 Å². The molecule has 4 aromatic rings. The summed E-state index contributed by atoms with van der Waals surface area (Å²) in [6.07, 6.45) is 4.47. The molecule has 3 aliphatic rings. The molecule has 190 valence electrons. The summed E-state index contributed by atoms with van der Waals surface area (Å²) in [5.41, 5.74) is 7.51. The predicted octanol–water partition coefficient (Wildman–Crippen LogP) is 4.41. The Balaban J connectivity index is 0.000000200. The Bertz CT molecular complexity index is 1570. The largest absolute Gasteiger partial charge is 0.508 e. The molecular formula is C30H27N5O3. The third-order valence-corrected chi connectivity index (χ3v) is 7.59. The lowest BCUT2D eigenvalue weighted by Crippen LogP contribution is -2.35. The van der Waals surface area contributed by atoms with E-state index in [4.69, 9.17) is 5.11 Å². The fraction of sp³-hybridized carbons (Fsp3) is 0.200. The minimum atomic E-state index is -0.517. The van der Waals surface area contributed by atoms with E-state index in [9.17, 15) is 9.59 Å². The van der Waals surface area contributed by atoms with Crippen LogP contribution in [0.5, 0.6) is 5.75 Å². The van der Waals surface area contributed by atoms with Crippen LogP contribution in [0.2, 0.25) is 0 Å². The number of phenolic OH excluding ortho intramolecular Hbond substituents is 1. The Morgan fingerprint density at radius 1 is 1.00 bits per heavy atom. The highest BCUT2D eigenvalue weighted by Gasteiger charge is 2.50. The fourth-order valence-corrected chi connectivity index (χ4v) is 5.68. The number of hydrogen-bond donors (Lipinski definition) is 3. The van der Waals surface area contributed by atoms with Gasteiger partial charge >= 0.3 is 0 Å². The number of nitrogens with zero attached hydrogens (tertiary/aromatic N) is 3. The number of benzene rings is 3. The number of para-hydroxylation sites is 1. The standard InChI is InChI=1S/C21H16N4O2.C9H11NO/c26-11-16-8-19(23-12-22-16)24-15-6-5-13-9-21(10-14(13)7-15)17-3-1-2-4-18(17)25-20(21)27;1-10-5-4-7-6-8(11)2-3-9(7)10/h1-8,11-12H,9-10H2,(H,25,27)(H,22,23,24);2-3,6,11H,4-5H2,1H3. The van der Waals surface area contributed by atoms with Crippen LogP contribution >= 0.6 is 0 Å². The van der Waals surface area contributed by atoms with Gasteiger partial charge in [0.25, 0.3) is 0 Å². The van der Waals surface area contributed by atoms with Gasteiger partial charge in [-0.2, -0.15) is 0 Å². The average Bonchev–Trinajstić information content (AvgIpc) is 3.57. The lowest BCUT2D eigenvalue weighted by Gasteiger charge is -2.20. The number of rotatable bonds is 3. The first-order valence-corrected chi connectivity index (χ1v) is 12.6. The number of aromatic nitrogens is 2. The molecule has 1 atom stereocenters. The number of aldehydes is 1. The highest BCUT2D eigenvalue weighted by molar-refractivity contribution is 6.07. The van der Waals surface area contributed by atoms with Crippen molar-refractivity contribution < 1.29 is 14.7 Å². The summed E-state index contributed by atoms with van der Waals surface area (Å²) in [6.45, 7) is 1.07. The fourth-order valence-electron chi connectivity index (χ4n) is 5.68. The van der Waals surface area contributed by atoms with E-state index in [2.05, 4.69) is 44.7 Å². The van der Waals surface area contributed by atoms with Crippen molar-refractivity contribution in [1.29, 1.82) is 0 Å². The van der Waals surface area contributed by atoms with Gasteiger partial charge in [-0.25, -0.2) is 9.97 Å². The molecule has 0 fully saturated rings. The third kappa shape index (κ3) is 4.14. The van der Waals surface area contributed by atoms with Crippen LogP contribution in [-0.4, -0.2) is 40.9 Å². The molecule has 1 spiro atoms. The smallest absolute Gasteiger partial charge is 0.235 e. The van der Waals surface area contributed by atoms with Crippen molar-refractivity contribution in [2.75, 3.05) is 29.1 Å². The van der Waals surface area contributed by atoms with E-state index in [0.717, 1.165) is 35.5 Å². The first-order chi connectivity index (χ1) is 18.4. The molecule has 0 radical (unpaired) electrons. The van der Waals surface area contributed by atoms with Crippen molar-refractivity contribution in [3.05, 3.63) is 101 Å². The second-order valence-corrected chi connectivity index (χ2v) is 9.97. The van der Waals surface area contributed by atoms with Crippen molar-refractivity contribution in [1.82, 2.24) is 9.97 Å². The molecule has 0 saturated carbocycles. The number of carbonyl (C=O) groups is 2. The van der Waals surface area contributed by atoms with Crippen LogP contribution in [0.1, 0.15) is 32.7 Å². The number of anilines is 4. The van der Waals surface area contributed by atoms with Crippen molar-refractivity contribution in [3.63, 3.8) is 0 Å². The molecule has 3 N–H and O–H groups in total. The highest BCUT2D eigenvalue weighted by atomic mass is 16.3. The second kappa shape index (κ2) is 9.30. The van der Waals surface area contributed by atoms with E-state index in [-0.39, 0.29) is 5.91 Å². The molecule has 7 rings (SSSR count). The molecule has 0 bridgehead atoms. The maximum Gasteiger partial charge on any atom is 0.235 e. The van der Waals surface area contributed by atoms with Gasteiger partial charge in [0.1, 0.15) is 23.6 Å². The quantitative estimate of drug-likeness (QED) is 0.354. The molecule has 1 unspecified atom stereocenters. The summed E-state index contributed by atoms with van der Waals surface area (Å²) in [7, 11) is 2.07. The van der Waals surface area contributed by atoms with Crippen molar-refractivity contribution in [3.8, 4) is 5.75 Å². The number of aromatic hydroxyl groups is 1. The van der Waals surface area contributed by atoms with E-state index in [1.165, 1.54) is 23.1 Å². The van der Waals surface area contributed by atoms with Gasteiger partial charge in [0.2, 0.25) is 5.91 Å². The molecule has 2 aliphatic heterocycles. The maximum atomic E-state index is 12.8. The van der Waals surface area contributed by atoms with Gasteiger partial charge in [-0.3, -0.25) is 9.59 Å². The molecule has 1 aromatic heterocycles. The third-order valence-electron chi connectivity index (χ3n) is 7.59. The van der Waals surface area contributed by atoms with E-state index < -0.39 is 5.41 Å². The van der Waals surface area contributed by atoms with Gasteiger partial charge in [0.05, 0.1) is 5.41 Å².